The van der Waals surface area contributed by atoms with Gasteiger partial charge in [-0.1, -0.05) is 209 Å². The number of pyridine rings is 2. The van der Waals surface area contributed by atoms with Crippen LogP contribution in [0, 0.1) is 0 Å². The van der Waals surface area contributed by atoms with Crippen molar-refractivity contribution in [2.75, 3.05) is 0 Å². The first-order valence-electron chi connectivity index (χ1n) is 28.1. The predicted octanol–water partition coefficient (Wildman–Crippen LogP) is 21.0. The summed E-state index contributed by atoms with van der Waals surface area (Å²) >= 11 is 0. The maximum Gasteiger partial charge on any atom is 0.0715 e. The van der Waals surface area contributed by atoms with E-state index >= 15 is 0 Å². The Kier molecular flexibility index (Phi) is 13.8. The van der Waals surface area contributed by atoms with Crippen LogP contribution in [0.3, 0.4) is 0 Å². The molecule has 0 spiro atoms. The molecule has 0 N–H and O–H groups in total. The van der Waals surface area contributed by atoms with Crippen molar-refractivity contribution in [2.24, 2.45) is 0 Å². The molecule has 0 aliphatic heterocycles. The lowest BCUT2D eigenvalue weighted by atomic mass is 9.59. The zero-order valence-corrected chi connectivity index (χ0v) is 50.9. The highest BCUT2D eigenvalue weighted by Crippen LogP contribution is 2.49. The molecular weight excluding hydrogens is 905 g/mol. The maximum absolute atomic E-state index is 5.80. The third-order valence-electron chi connectivity index (χ3n) is 17.1. The van der Waals surface area contributed by atoms with Crippen molar-refractivity contribution in [2.45, 2.75) is 215 Å². The van der Waals surface area contributed by atoms with E-state index in [1.165, 1.54) is 72.3 Å². The van der Waals surface area contributed by atoms with Crippen molar-refractivity contribution >= 4 is 0 Å². The van der Waals surface area contributed by atoms with E-state index in [2.05, 4.69) is 281 Å². The van der Waals surface area contributed by atoms with Gasteiger partial charge in [0.05, 0.1) is 22.8 Å². The summed E-state index contributed by atoms with van der Waals surface area (Å²) < 4.78 is 0. The minimum absolute atomic E-state index is 0.0507. The van der Waals surface area contributed by atoms with Gasteiger partial charge >= 0.3 is 0 Å². The van der Waals surface area contributed by atoms with E-state index in [9.17, 15) is 0 Å². The zero-order valence-electron chi connectivity index (χ0n) is 50.9. The minimum atomic E-state index is -0.331. The summed E-state index contributed by atoms with van der Waals surface area (Å²) in [5.41, 5.74) is 24.1. The Morgan fingerprint density at radius 1 is 0.307 bits per heavy atom. The van der Waals surface area contributed by atoms with E-state index in [0.717, 1.165) is 45.0 Å². The first kappa shape index (κ1) is 55.6. The average molecular weight is 998 g/mol. The van der Waals surface area contributed by atoms with Crippen molar-refractivity contribution in [3.8, 4) is 67.3 Å². The van der Waals surface area contributed by atoms with Crippen molar-refractivity contribution in [1.82, 2.24) is 9.97 Å². The smallest absolute Gasteiger partial charge is 0.0715 e. The summed E-state index contributed by atoms with van der Waals surface area (Å²) in [7, 11) is 0. The number of hydrogen-bond acceptors (Lipinski definition) is 2. The van der Waals surface area contributed by atoms with Crippen LogP contribution in [0.2, 0.25) is 0 Å². The van der Waals surface area contributed by atoms with Gasteiger partial charge in [0.2, 0.25) is 0 Å². The quantitative estimate of drug-likeness (QED) is 0.176. The molecule has 0 radical (unpaired) electrons. The van der Waals surface area contributed by atoms with Gasteiger partial charge in [-0.15, -0.1) is 0 Å². The fourth-order valence-electron chi connectivity index (χ4n) is 10.8. The number of nitrogens with zero attached hydrogens (tertiary/aromatic N) is 2. The molecule has 1 aliphatic rings. The average Bonchev–Trinajstić information content (AvgIpc) is 3.30. The number of fused-ring (bicyclic) bond motifs is 14. The molecule has 0 fully saturated rings. The van der Waals surface area contributed by atoms with E-state index in [-0.39, 0.29) is 49.2 Å². The largest absolute Gasteiger partial charge is 0.248 e. The van der Waals surface area contributed by atoms with Crippen LogP contribution >= 0.6 is 0 Å². The fraction of sp³-hybridized carbons (Fsp3) is 0.452. The lowest BCUT2D eigenvalue weighted by Crippen LogP contribution is -2.41. The Hall–Kier alpha value is -5.60. The normalized spacial score (nSPS) is 15.0. The molecule has 75 heavy (non-hydrogen) atoms. The van der Waals surface area contributed by atoms with Crippen LogP contribution in [0.25, 0.3) is 67.3 Å². The second kappa shape index (κ2) is 18.6. The van der Waals surface area contributed by atoms with Gasteiger partial charge in [-0.25, -0.2) is 9.97 Å². The minimum Gasteiger partial charge on any atom is -0.248 e. The summed E-state index contributed by atoms with van der Waals surface area (Å²) in [4.78, 5) is 11.6. The van der Waals surface area contributed by atoms with Gasteiger partial charge in [-0.3, -0.25) is 0 Å². The van der Waals surface area contributed by atoms with Crippen LogP contribution in [0.1, 0.15) is 222 Å². The monoisotopic (exact) mass is 997 g/mol. The van der Waals surface area contributed by atoms with Crippen LogP contribution in [-0.4, -0.2) is 9.97 Å². The second-order valence-electron chi connectivity index (χ2n) is 30.1. The van der Waals surface area contributed by atoms with E-state index in [4.69, 9.17) is 9.97 Å². The summed E-state index contributed by atoms with van der Waals surface area (Å²) in [6, 6.07) is 45.8. The van der Waals surface area contributed by atoms with Crippen LogP contribution in [0.5, 0.6) is 0 Å². The standard InChI is InChI=1S/C73H92N2/c1-44(2)65-59-26-25-27-60(65)46-37-62(48-30-53(68(9,10)11)41-54(31-48)69(12,13)14)75-64(39-46)50-33-56(71(18,19)20)43-58(35-50)73(23,24)72(21,22)57-34-49(32-55(42-57)70(15,16)17)63-38-45(59)36-61(74-63)47-28-51(66(3,4)5)40-52(29-47)67(6,7)8/h25-44H,1-24H3. The SMILES string of the molecule is CC(C)c1c2cccc1-c1cc(-c3cc(C(C)(C)C)cc(C(C)(C)C)c3)nc(c1)-c1cc(C(C)(C)C)cc(c1)C(C)(C)C(C)(C)c1cc(cc(C(C)(C)C)c1)-c1cc-2cc(-c2cc(C(C)(C)C)cc(C(C)(C)C)c2)n1. The lowest BCUT2D eigenvalue weighted by molar-refractivity contribution is 0.302. The predicted molar refractivity (Wildman–Crippen MR) is 327 cm³/mol. The molecule has 2 heteroatoms. The highest BCUT2D eigenvalue weighted by Gasteiger charge is 2.42. The maximum atomic E-state index is 5.80. The van der Waals surface area contributed by atoms with E-state index in [1.807, 2.05) is 0 Å². The molecule has 0 saturated heterocycles. The van der Waals surface area contributed by atoms with E-state index in [1.54, 1.807) is 0 Å². The summed E-state index contributed by atoms with van der Waals surface area (Å²) in [5.74, 6) is 0.195. The molecule has 2 aromatic heterocycles. The molecule has 2 nitrogen and oxygen atoms in total. The van der Waals surface area contributed by atoms with E-state index < -0.39 is 0 Å². The number of hydrogen-bond donors (Lipinski definition) is 0. The molecule has 10 bridgehead atoms. The molecular formula is C73H92N2. The van der Waals surface area contributed by atoms with Crippen LogP contribution in [-0.2, 0) is 43.3 Å². The van der Waals surface area contributed by atoms with Crippen LogP contribution in [0.15, 0.2) is 115 Å². The third kappa shape index (κ3) is 11.0. The molecule has 394 valence electrons. The molecule has 2 heterocycles. The Balaban J connectivity index is 1.58. The number of benzene rings is 5. The Bertz CT molecular complexity index is 3040. The van der Waals surface area contributed by atoms with E-state index in [0.29, 0.717) is 0 Å². The molecule has 7 aromatic rings. The number of aromatic nitrogens is 2. The van der Waals surface area contributed by atoms with Gasteiger partial charge in [0.25, 0.3) is 0 Å². The van der Waals surface area contributed by atoms with Gasteiger partial charge in [0.1, 0.15) is 0 Å². The van der Waals surface area contributed by atoms with Gasteiger partial charge in [-0.05, 0) is 194 Å². The van der Waals surface area contributed by atoms with Gasteiger partial charge < -0.3 is 0 Å². The molecule has 1 aliphatic carbocycles. The van der Waals surface area contributed by atoms with Crippen molar-refractivity contribution in [1.29, 1.82) is 0 Å². The first-order valence-corrected chi connectivity index (χ1v) is 28.1. The van der Waals surface area contributed by atoms with Crippen molar-refractivity contribution < 1.29 is 0 Å². The van der Waals surface area contributed by atoms with Crippen LogP contribution < -0.4 is 0 Å². The number of rotatable bonds is 3. The summed E-state index contributed by atoms with van der Waals surface area (Å²) in [6.45, 7) is 56.6. The summed E-state index contributed by atoms with van der Waals surface area (Å²) in [5, 5.41) is 0. The van der Waals surface area contributed by atoms with Crippen molar-refractivity contribution in [3.05, 3.63) is 165 Å². The van der Waals surface area contributed by atoms with Gasteiger partial charge in [-0.2, -0.15) is 0 Å². The Labute approximate surface area is 455 Å². The third-order valence-corrected chi connectivity index (χ3v) is 17.1. The highest BCUT2D eigenvalue weighted by molar-refractivity contribution is 5.86. The van der Waals surface area contributed by atoms with Crippen molar-refractivity contribution in [3.63, 3.8) is 0 Å². The van der Waals surface area contributed by atoms with Gasteiger partial charge in [0.15, 0.2) is 0 Å². The molecule has 0 saturated carbocycles. The summed E-state index contributed by atoms with van der Waals surface area (Å²) in [6.07, 6.45) is 0. The molecule has 0 unspecified atom stereocenters. The molecule has 0 atom stereocenters. The second-order valence-corrected chi connectivity index (χ2v) is 30.1. The molecule has 5 aromatic carbocycles. The highest BCUT2D eigenvalue weighted by atomic mass is 14.7. The molecule has 0 amide bonds. The fourth-order valence-corrected chi connectivity index (χ4v) is 10.8. The first-order chi connectivity index (χ1) is 34.2. The van der Waals surface area contributed by atoms with Crippen LogP contribution in [0.4, 0.5) is 0 Å². The Morgan fingerprint density at radius 2 is 0.547 bits per heavy atom. The van der Waals surface area contributed by atoms with Gasteiger partial charge in [0, 0.05) is 22.3 Å². The lowest BCUT2D eigenvalue weighted by Gasteiger charge is -2.44. The Morgan fingerprint density at radius 3 is 0.787 bits per heavy atom. The molecule has 8 rings (SSSR count). The topological polar surface area (TPSA) is 25.8 Å². The zero-order chi connectivity index (χ0) is 55.6.